The van der Waals surface area contributed by atoms with Crippen molar-refractivity contribution in [3.05, 3.63) is 29.8 Å². The number of likely N-dealkylation sites (N-methyl/N-ethyl adjacent to an activating group) is 3. The van der Waals surface area contributed by atoms with Crippen LogP contribution in [0.2, 0.25) is 0 Å². The first-order valence-corrected chi connectivity index (χ1v) is 24.6. The number of ether oxygens (including phenoxy) is 2. The molecule has 0 radical (unpaired) electrons. The molecule has 0 saturated carbocycles. The zero-order valence-corrected chi connectivity index (χ0v) is 44.6. The normalized spacial score (nSPS) is 27.0. The summed E-state index contributed by atoms with van der Waals surface area (Å²) in [7, 11) is 5.81. The van der Waals surface area contributed by atoms with Crippen LogP contribution in [-0.2, 0) is 59.1 Å². The van der Waals surface area contributed by atoms with Crippen molar-refractivity contribution in [2.24, 2.45) is 40.9 Å². The van der Waals surface area contributed by atoms with Crippen molar-refractivity contribution in [3.8, 4) is 5.75 Å². The van der Waals surface area contributed by atoms with Crippen LogP contribution in [0.25, 0.3) is 0 Å². The first kappa shape index (κ1) is 60.4. The number of nitrogens with one attached hydrogen (secondary N) is 3. The predicted octanol–water partition coefficient (Wildman–Crippen LogP) is 3.94. The second-order valence-electron chi connectivity index (χ2n) is 20.4. The van der Waals surface area contributed by atoms with Gasteiger partial charge in [-0.15, -0.1) is 0 Å². The third kappa shape index (κ3) is 16.2. The van der Waals surface area contributed by atoms with E-state index >= 15 is 0 Å². The molecular formula is C52H82N6O12. The Bertz CT molecular complexity index is 2040. The van der Waals surface area contributed by atoms with Crippen LogP contribution in [-0.4, -0.2) is 145 Å². The zero-order valence-electron chi connectivity index (χ0n) is 44.6. The number of carbonyl (C=O) groups is 10. The molecule has 0 spiro atoms. The Balaban J connectivity index is 2.68. The van der Waals surface area contributed by atoms with Gasteiger partial charge in [0.1, 0.15) is 29.4 Å². The summed E-state index contributed by atoms with van der Waals surface area (Å²) in [6.45, 7) is 18.9. The van der Waals surface area contributed by atoms with Gasteiger partial charge in [-0.25, -0.2) is 0 Å². The second kappa shape index (κ2) is 27.1. The molecule has 70 heavy (non-hydrogen) atoms. The molecule has 0 bridgehead atoms. The van der Waals surface area contributed by atoms with Gasteiger partial charge in [0.05, 0.1) is 37.6 Å². The molecule has 1 aromatic carbocycles. The van der Waals surface area contributed by atoms with Gasteiger partial charge in [0, 0.05) is 57.8 Å². The number of hydrogen-bond donors (Lipinski definition) is 3. The number of Topliss-reactive ketones (excluding diaryl/α,β-unsaturated/α-hetero) is 3. The van der Waals surface area contributed by atoms with E-state index in [1.54, 1.807) is 72.7 Å². The highest BCUT2D eigenvalue weighted by Crippen LogP contribution is 2.29. The third-order valence-corrected chi connectivity index (χ3v) is 13.8. The molecule has 9 atom stereocenters. The maximum Gasteiger partial charge on any atom is 0.311 e. The van der Waals surface area contributed by atoms with E-state index in [0.717, 1.165) is 0 Å². The van der Waals surface area contributed by atoms with Gasteiger partial charge in [0.15, 0.2) is 11.9 Å². The summed E-state index contributed by atoms with van der Waals surface area (Å²) in [5.74, 6) is -9.38. The lowest BCUT2D eigenvalue weighted by Crippen LogP contribution is -2.57. The minimum atomic E-state index is -1.62. The Labute approximate surface area is 415 Å². The van der Waals surface area contributed by atoms with Crippen LogP contribution in [0.15, 0.2) is 24.3 Å². The molecule has 1 heterocycles. The molecule has 1 aliphatic heterocycles. The van der Waals surface area contributed by atoms with E-state index in [1.807, 2.05) is 13.8 Å². The SMILES string of the molecule is CC[C@H](C)[C@@H]1OC(=O)[C@@H](C)[C@@H](CC)NC(=O)[C@H](C)CC(=O)C(C)(C)C(=O)[C@H](C)CC(=O)C(Cc2ccc(OC)cc2)N(C)C(=O)[C@H](C(C)C)N(C)C(=O)CNC(=O)[C@H](CC(C)C)N(C)C(=O)CNC1=O. The molecule has 1 fully saturated rings. The topological polar surface area (TPSA) is 235 Å². The quantitative estimate of drug-likeness (QED) is 0.236. The molecule has 6 amide bonds. The average molecular weight is 983 g/mol. The number of benzene rings is 1. The molecular weight excluding hydrogens is 901 g/mol. The standard InChI is InChI=1S/C52H82N6O12/c1-17-31(7)45-49(66)54-27-42(61)56(13)39(23-29(3)4)48(65)53-28-43(62)58(15)44(30(5)6)50(67)57(14)38(26-35-19-21-36(69-16)22-20-35)40(59)24-32(8)46(63)52(11,12)41(60)25-33(9)47(64)55-37(18-2)34(10)51(68)70-45/h19-22,29-34,37-39,44-45H,17-18,23-28H2,1-16H3,(H,53,65)(H,54,66)(H,55,64)/t31-,32+,33+,34-,37+,38?,39-,44-,45-/m0/s1. The first-order valence-electron chi connectivity index (χ1n) is 24.6. The van der Waals surface area contributed by atoms with Crippen molar-refractivity contribution >= 4 is 58.8 Å². The Morgan fingerprint density at radius 3 is 1.80 bits per heavy atom. The van der Waals surface area contributed by atoms with Crippen LogP contribution >= 0.6 is 0 Å². The van der Waals surface area contributed by atoms with E-state index in [4.69, 9.17) is 9.47 Å². The third-order valence-electron chi connectivity index (χ3n) is 13.8. The van der Waals surface area contributed by atoms with E-state index in [0.29, 0.717) is 17.7 Å². The van der Waals surface area contributed by atoms with Gasteiger partial charge in [0.2, 0.25) is 29.5 Å². The van der Waals surface area contributed by atoms with E-state index in [2.05, 4.69) is 16.0 Å². The van der Waals surface area contributed by atoms with Crippen molar-refractivity contribution in [2.45, 2.75) is 152 Å². The number of esters is 1. The van der Waals surface area contributed by atoms with E-state index in [-0.39, 0.29) is 38.0 Å². The van der Waals surface area contributed by atoms with Gasteiger partial charge in [-0.3, -0.25) is 47.9 Å². The fourth-order valence-corrected chi connectivity index (χ4v) is 8.58. The lowest BCUT2D eigenvalue weighted by atomic mass is 9.74. The summed E-state index contributed by atoms with van der Waals surface area (Å²) in [6, 6.07) is 2.89. The Hall–Kier alpha value is -5.68. The summed E-state index contributed by atoms with van der Waals surface area (Å²) in [4.78, 5) is 143. The fourth-order valence-electron chi connectivity index (χ4n) is 8.58. The number of amides is 6. The number of nitrogens with zero attached hydrogens (tertiary/aromatic N) is 3. The Kier molecular flexibility index (Phi) is 23.4. The molecule has 1 aliphatic rings. The number of carbonyl (C=O) groups excluding carboxylic acids is 10. The number of hydrogen-bond acceptors (Lipinski definition) is 12. The number of ketones is 3. The maximum absolute atomic E-state index is 14.6. The van der Waals surface area contributed by atoms with Gasteiger partial charge >= 0.3 is 5.97 Å². The Morgan fingerprint density at radius 1 is 0.729 bits per heavy atom. The Morgan fingerprint density at radius 2 is 1.29 bits per heavy atom. The van der Waals surface area contributed by atoms with E-state index in [9.17, 15) is 47.9 Å². The monoisotopic (exact) mass is 983 g/mol. The van der Waals surface area contributed by atoms with Crippen LogP contribution in [0.5, 0.6) is 5.75 Å². The predicted molar refractivity (Wildman–Crippen MR) is 264 cm³/mol. The van der Waals surface area contributed by atoms with Crippen LogP contribution in [0.1, 0.15) is 121 Å². The summed E-state index contributed by atoms with van der Waals surface area (Å²) >= 11 is 0. The number of rotatable bonds is 9. The molecule has 1 unspecified atom stereocenters. The average Bonchev–Trinajstić information content (AvgIpc) is 3.31. The molecule has 392 valence electrons. The van der Waals surface area contributed by atoms with Gasteiger partial charge in [-0.2, -0.15) is 0 Å². The second-order valence-corrected chi connectivity index (χ2v) is 20.4. The van der Waals surface area contributed by atoms with Crippen molar-refractivity contribution < 1.29 is 57.4 Å². The summed E-state index contributed by atoms with van der Waals surface area (Å²) in [5.41, 5.74) is -0.940. The van der Waals surface area contributed by atoms with Gasteiger partial charge in [-0.05, 0) is 76.0 Å². The minimum Gasteiger partial charge on any atom is -0.497 e. The van der Waals surface area contributed by atoms with Gasteiger partial charge in [-0.1, -0.05) is 74.4 Å². The first-order chi connectivity index (χ1) is 32.5. The van der Waals surface area contributed by atoms with Gasteiger partial charge < -0.3 is 40.1 Å². The van der Waals surface area contributed by atoms with E-state index in [1.165, 1.54) is 63.7 Å². The molecule has 0 aromatic heterocycles. The molecule has 1 saturated heterocycles. The fraction of sp³-hybridized carbons (Fsp3) is 0.692. The molecule has 18 heteroatoms. The summed E-state index contributed by atoms with van der Waals surface area (Å²) in [5, 5.41) is 8.03. The molecule has 18 nitrogen and oxygen atoms in total. The highest BCUT2D eigenvalue weighted by Gasteiger charge is 2.43. The zero-order chi connectivity index (χ0) is 53.5. The van der Waals surface area contributed by atoms with Gasteiger partial charge in [0.25, 0.3) is 5.91 Å². The van der Waals surface area contributed by atoms with Crippen molar-refractivity contribution in [3.63, 3.8) is 0 Å². The molecule has 0 aliphatic carbocycles. The smallest absolute Gasteiger partial charge is 0.311 e. The van der Waals surface area contributed by atoms with Crippen molar-refractivity contribution in [2.75, 3.05) is 41.3 Å². The highest BCUT2D eigenvalue weighted by molar-refractivity contribution is 6.09. The summed E-state index contributed by atoms with van der Waals surface area (Å²) in [6.07, 6.45) is -1.01. The molecule has 2 rings (SSSR count). The van der Waals surface area contributed by atoms with E-state index < -0.39 is 137 Å². The maximum atomic E-state index is 14.6. The number of methoxy groups -OCH3 is 1. The molecule has 1 aromatic rings. The summed E-state index contributed by atoms with van der Waals surface area (Å²) < 4.78 is 11.1. The van der Waals surface area contributed by atoms with Crippen LogP contribution in [0.4, 0.5) is 0 Å². The number of cyclic esters (lactones) is 1. The van der Waals surface area contributed by atoms with Crippen LogP contribution in [0.3, 0.4) is 0 Å². The van der Waals surface area contributed by atoms with Crippen molar-refractivity contribution in [1.82, 2.24) is 30.7 Å². The largest absolute Gasteiger partial charge is 0.497 e. The molecule has 3 N–H and O–H groups in total. The van der Waals surface area contributed by atoms with Crippen LogP contribution < -0.4 is 20.7 Å². The lowest BCUT2D eigenvalue weighted by molar-refractivity contribution is -0.163. The lowest BCUT2D eigenvalue weighted by Gasteiger charge is -2.37. The van der Waals surface area contributed by atoms with Crippen molar-refractivity contribution in [1.29, 1.82) is 0 Å². The minimum absolute atomic E-state index is 0.0418. The van der Waals surface area contributed by atoms with Crippen LogP contribution in [0, 0.1) is 40.9 Å². The highest BCUT2D eigenvalue weighted by atomic mass is 16.5.